The van der Waals surface area contributed by atoms with Gasteiger partial charge in [-0.3, -0.25) is 0 Å². The Hall–Kier alpha value is -5.28. The summed E-state index contributed by atoms with van der Waals surface area (Å²) in [5, 5.41) is 4.61. The number of hydrogen-bond donors (Lipinski definition) is 1. The number of aromatic nitrogens is 1. The lowest BCUT2D eigenvalue weighted by molar-refractivity contribution is 0.660. The number of H-pyrrole nitrogens is 1. The van der Waals surface area contributed by atoms with Crippen LogP contribution in [0.15, 0.2) is 132 Å². The van der Waals surface area contributed by atoms with E-state index in [1.165, 1.54) is 27.6 Å². The standard InChI is InChI=1S/C39H28N2O/c1-39(2)31-15-8-6-13-26(31)27-20-19-25(21-32(27)39)41(24-11-4-3-5-12-24)35-17-10-16-33-38(35)30-23-37-29(22-34(30)40-33)28-14-7-9-18-36(28)42-37/h3-23,40H,1-2H3. The van der Waals surface area contributed by atoms with E-state index in [4.69, 9.17) is 4.42 Å². The molecular weight excluding hydrogens is 512 g/mol. The number of nitrogens with zero attached hydrogens (tertiary/aromatic N) is 1. The molecule has 0 atom stereocenters. The number of rotatable bonds is 3. The van der Waals surface area contributed by atoms with E-state index >= 15 is 0 Å². The molecule has 0 radical (unpaired) electrons. The quantitative estimate of drug-likeness (QED) is 0.242. The molecule has 0 aliphatic heterocycles. The Kier molecular flexibility index (Phi) is 4.67. The summed E-state index contributed by atoms with van der Waals surface area (Å²) in [4.78, 5) is 6.12. The van der Waals surface area contributed by atoms with Gasteiger partial charge in [0.2, 0.25) is 0 Å². The number of benzene rings is 6. The van der Waals surface area contributed by atoms with Gasteiger partial charge in [-0.05, 0) is 76.9 Å². The Morgan fingerprint density at radius 2 is 1.33 bits per heavy atom. The minimum atomic E-state index is -0.0794. The predicted octanol–water partition coefficient (Wildman–Crippen LogP) is 11.0. The highest BCUT2D eigenvalue weighted by molar-refractivity contribution is 6.20. The van der Waals surface area contributed by atoms with Crippen molar-refractivity contribution in [1.29, 1.82) is 0 Å². The first-order valence-electron chi connectivity index (χ1n) is 14.5. The maximum atomic E-state index is 6.33. The minimum absolute atomic E-state index is 0.0794. The summed E-state index contributed by atoms with van der Waals surface area (Å²) in [5.41, 5.74) is 12.8. The van der Waals surface area contributed by atoms with E-state index in [-0.39, 0.29) is 5.41 Å². The van der Waals surface area contributed by atoms with E-state index in [0.29, 0.717) is 0 Å². The molecule has 0 unspecified atom stereocenters. The van der Waals surface area contributed by atoms with Gasteiger partial charge < -0.3 is 14.3 Å². The van der Waals surface area contributed by atoms with E-state index < -0.39 is 0 Å². The van der Waals surface area contributed by atoms with Crippen LogP contribution in [-0.4, -0.2) is 4.98 Å². The summed E-state index contributed by atoms with van der Waals surface area (Å²) in [7, 11) is 0. The van der Waals surface area contributed by atoms with Gasteiger partial charge in [-0.25, -0.2) is 0 Å². The van der Waals surface area contributed by atoms with Gasteiger partial charge in [0.15, 0.2) is 0 Å². The third-order valence-electron chi connectivity index (χ3n) is 9.18. The second-order valence-electron chi connectivity index (χ2n) is 11.9. The monoisotopic (exact) mass is 540 g/mol. The molecule has 0 spiro atoms. The number of para-hydroxylation sites is 2. The first-order valence-corrected chi connectivity index (χ1v) is 14.5. The van der Waals surface area contributed by atoms with Crippen LogP contribution >= 0.6 is 0 Å². The van der Waals surface area contributed by atoms with Crippen molar-refractivity contribution in [3.8, 4) is 11.1 Å². The first kappa shape index (κ1) is 23.4. The zero-order valence-electron chi connectivity index (χ0n) is 23.5. The van der Waals surface area contributed by atoms with Gasteiger partial charge in [0, 0.05) is 49.4 Å². The Balaban J connectivity index is 1.31. The fraction of sp³-hybridized carbons (Fsp3) is 0.0769. The van der Waals surface area contributed by atoms with Gasteiger partial charge in [-0.1, -0.05) is 86.6 Å². The average molecular weight is 541 g/mol. The Labute approximate surface area is 243 Å². The van der Waals surface area contributed by atoms with Gasteiger partial charge >= 0.3 is 0 Å². The molecule has 200 valence electrons. The van der Waals surface area contributed by atoms with E-state index in [1.54, 1.807) is 0 Å². The fourth-order valence-corrected chi connectivity index (χ4v) is 7.18. The molecule has 1 N–H and O–H groups in total. The Morgan fingerprint density at radius 3 is 2.24 bits per heavy atom. The van der Waals surface area contributed by atoms with Gasteiger partial charge in [0.05, 0.1) is 5.69 Å². The van der Waals surface area contributed by atoms with Gasteiger partial charge in [0.25, 0.3) is 0 Å². The molecular formula is C39H28N2O. The topological polar surface area (TPSA) is 32.2 Å². The highest BCUT2D eigenvalue weighted by Gasteiger charge is 2.35. The van der Waals surface area contributed by atoms with E-state index in [0.717, 1.165) is 55.4 Å². The Morgan fingerprint density at radius 1 is 0.548 bits per heavy atom. The summed E-state index contributed by atoms with van der Waals surface area (Å²) in [6.45, 7) is 4.68. The molecule has 1 aliphatic carbocycles. The molecule has 0 saturated heterocycles. The average Bonchev–Trinajstić information content (AvgIpc) is 3.64. The maximum Gasteiger partial charge on any atom is 0.136 e. The van der Waals surface area contributed by atoms with Crippen molar-refractivity contribution in [2.24, 2.45) is 0 Å². The van der Waals surface area contributed by atoms with Crippen LogP contribution in [0.25, 0.3) is 54.9 Å². The second kappa shape index (κ2) is 8.37. The van der Waals surface area contributed by atoms with Crippen LogP contribution in [0.1, 0.15) is 25.0 Å². The van der Waals surface area contributed by atoms with E-state index in [2.05, 4.69) is 139 Å². The summed E-state index contributed by atoms with van der Waals surface area (Å²) < 4.78 is 6.33. The van der Waals surface area contributed by atoms with Crippen molar-refractivity contribution in [3.05, 3.63) is 139 Å². The van der Waals surface area contributed by atoms with Crippen LogP contribution < -0.4 is 4.90 Å². The van der Waals surface area contributed by atoms with Crippen molar-refractivity contribution < 1.29 is 4.42 Å². The van der Waals surface area contributed by atoms with Crippen LogP contribution in [0.2, 0.25) is 0 Å². The molecule has 3 heteroatoms. The molecule has 2 heterocycles. The van der Waals surface area contributed by atoms with Crippen molar-refractivity contribution in [2.45, 2.75) is 19.3 Å². The summed E-state index contributed by atoms with van der Waals surface area (Å²) in [6, 6.07) is 45.8. The third-order valence-corrected chi connectivity index (χ3v) is 9.18. The van der Waals surface area contributed by atoms with Gasteiger partial charge in [-0.15, -0.1) is 0 Å². The lowest BCUT2D eigenvalue weighted by Gasteiger charge is -2.28. The van der Waals surface area contributed by atoms with Gasteiger partial charge in [0.1, 0.15) is 11.2 Å². The molecule has 3 nitrogen and oxygen atoms in total. The number of fused-ring (bicyclic) bond motifs is 9. The predicted molar refractivity (Wildman–Crippen MR) is 175 cm³/mol. The van der Waals surface area contributed by atoms with Crippen molar-refractivity contribution in [1.82, 2.24) is 4.98 Å². The van der Waals surface area contributed by atoms with Crippen molar-refractivity contribution in [2.75, 3.05) is 4.90 Å². The maximum absolute atomic E-state index is 6.33. The summed E-state index contributed by atoms with van der Waals surface area (Å²) >= 11 is 0. The number of hydrogen-bond acceptors (Lipinski definition) is 2. The van der Waals surface area contributed by atoms with Crippen LogP contribution in [0, 0.1) is 0 Å². The van der Waals surface area contributed by atoms with E-state index in [9.17, 15) is 0 Å². The van der Waals surface area contributed by atoms with Crippen molar-refractivity contribution in [3.63, 3.8) is 0 Å². The first-order chi connectivity index (χ1) is 20.6. The molecule has 9 rings (SSSR count). The van der Waals surface area contributed by atoms with Crippen LogP contribution in [0.3, 0.4) is 0 Å². The number of furan rings is 1. The molecule has 0 saturated carbocycles. The summed E-state index contributed by atoms with van der Waals surface area (Å²) in [5.74, 6) is 0. The molecule has 1 aliphatic rings. The van der Waals surface area contributed by atoms with Crippen LogP contribution in [-0.2, 0) is 5.41 Å². The third kappa shape index (κ3) is 3.16. The molecule has 6 aromatic carbocycles. The van der Waals surface area contributed by atoms with Gasteiger partial charge in [-0.2, -0.15) is 0 Å². The van der Waals surface area contributed by atoms with E-state index in [1.807, 2.05) is 12.1 Å². The zero-order valence-corrected chi connectivity index (χ0v) is 23.5. The van der Waals surface area contributed by atoms with Crippen molar-refractivity contribution >= 4 is 60.8 Å². The lowest BCUT2D eigenvalue weighted by atomic mass is 9.82. The number of anilines is 3. The second-order valence-corrected chi connectivity index (χ2v) is 11.9. The largest absolute Gasteiger partial charge is 0.456 e. The molecule has 2 aromatic heterocycles. The highest BCUT2D eigenvalue weighted by atomic mass is 16.3. The Bertz CT molecular complexity index is 2340. The SMILES string of the molecule is CC1(C)c2ccccc2-c2ccc(N(c3ccccc3)c3cccc4[nH]c5cc6c(cc5c34)oc3ccccc36)cc21. The fourth-order valence-electron chi connectivity index (χ4n) is 7.18. The molecule has 0 amide bonds. The smallest absolute Gasteiger partial charge is 0.136 e. The normalized spacial score (nSPS) is 13.7. The summed E-state index contributed by atoms with van der Waals surface area (Å²) in [6.07, 6.45) is 0. The molecule has 0 fully saturated rings. The lowest BCUT2D eigenvalue weighted by Crippen LogP contribution is -2.16. The van der Waals surface area contributed by atoms with Crippen LogP contribution in [0.4, 0.5) is 17.1 Å². The minimum Gasteiger partial charge on any atom is -0.456 e. The molecule has 42 heavy (non-hydrogen) atoms. The number of aromatic amines is 1. The zero-order chi connectivity index (χ0) is 28.0. The highest BCUT2D eigenvalue weighted by Crippen LogP contribution is 2.51. The number of nitrogens with one attached hydrogen (secondary N) is 1. The molecule has 8 aromatic rings. The molecule has 0 bridgehead atoms. The van der Waals surface area contributed by atoms with Crippen LogP contribution in [0.5, 0.6) is 0 Å².